The van der Waals surface area contributed by atoms with Gasteiger partial charge in [0, 0.05) is 35.9 Å². The van der Waals surface area contributed by atoms with Crippen molar-refractivity contribution in [1.29, 1.82) is 0 Å². The maximum Gasteiger partial charge on any atom is 0.337 e. The second kappa shape index (κ2) is 13.2. The molecule has 4 aromatic rings. The fourth-order valence-corrected chi connectivity index (χ4v) is 5.46. The molecular weight excluding hydrogens is 583 g/mol. The number of piperidine rings is 1. The van der Waals surface area contributed by atoms with Crippen LogP contribution in [0.25, 0.3) is 11.3 Å². The summed E-state index contributed by atoms with van der Waals surface area (Å²) in [5.41, 5.74) is 3.33. The summed E-state index contributed by atoms with van der Waals surface area (Å²) in [6.45, 7) is 8.28. The van der Waals surface area contributed by atoms with Crippen LogP contribution >= 0.6 is 11.6 Å². The van der Waals surface area contributed by atoms with Crippen molar-refractivity contribution in [2.45, 2.75) is 51.8 Å². The van der Waals surface area contributed by atoms with Crippen molar-refractivity contribution in [2.75, 3.05) is 25.5 Å². The van der Waals surface area contributed by atoms with Crippen molar-refractivity contribution >= 4 is 29.2 Å². The Kier molecular flexibility index (Phi) is 9.36. The molecule has 1 aromatic heterocycles. The minimum atomic E-state index is -0.399. The number of rotatable bonds is 8. The van der Waals surface area contributed by atoms with Gasteiger partial charge in [0.05, 0.1) is 35.7 Å². The molecule has 1 aliphatic rings. The monoisotopic (exact) mass is 618 g/mol. The first-order valence-electron chi connectivity index (χ1n) is 14.5. The fourth-order valence-electron chi connectivity index (χ4n) is 5.29. The number of esters is 1. The molecular formula is C34H36ClFN4O4. The molecule has 8 nitrogen and oxygen atoms in total. The van der Waals surface area contributed by atoms with Crippen LogP contribution in [0.4, 0.5) is 10.1 Å². The summed E-state index contributed by atoms with van der Waals surface area (Å²) in [6, 6.07) is 18.5. The lowest BCUT2D eigenvalue weighted by atomic mass is 10.0. The van der Waals surface area contributed by atoms with Crippen LogP contribution in [0.3, 0.4) is 0 Å². The largest absolute Gasteiger partial charge is 0.490 e. The van der Waals surface area contributed by atoms with Crippen LogP contribution in [0.2, 0.25) is 5.02 Å². The number of nitrogens with zero attached hydrogens (tertiary/aromatic N) is 3. The molecule has 1 saturated heterocycles. The molecule has 0 bridgehead atoms. The third-order valence-corrected chi connectivity index (χ3v) is 7.95. The summed E-state index contributed by atoms with van der Waals surface area (Å²) < 4.78 is 26.3. The molecule has 5 rings (SSSR count). The molecule has 0 radical (unpaired) electrons. The van der Waals surface area contributed by atoms with Gasteiger partial charge in [-0.15, -0.1) is 0 Å². The maximum atomic E-state index is 13.7. The van der Waals surface area contributed by atoms with Gasteiger partial charge in [-0.1, -0.05) is 11.6 Å². The Morgan fingerprint density at radius 2 is 1.70 bits per heavy atom. The van der Waals surface area contributed by atoms with Crippen LogP contribution in [0.1, 0.15) is 59.9 Å². The lowest BCUT2D eigenvalue weighted by Crippen LogP contribution is -2.37. The van der Waals surface area contributed by atoms with E-state index < -0.39 is 5.54 Å². The zero-order valence-corrected chi connectivity index (χ0v) is 26.0. The molecule has 1 aliphatic heterocycles. The van der Waals surface area contributed by atoms with E-state index in [1.54, 1.807) is 59.4 Å². The molecule has 3 aromatic carbocycles. The Bertz CT molecular complexity index is 1620. The standard InChI is InChI=1S/C34H36ClFN4O4/c1-34(2,3)40-31(22-5-9-25(36)10-6-22)29(20-37-40)32(41)38-26-11-14-30(35)24(19-26)21-39-17-15-28(16-18-39)44-27-12-7-23(8-13-27)33(42)43-4/h5-14,19-20,28H,15-18,21H2,1-4H3,(H,38,41). The van der Waals surface area contributed by atoms with E-state index in [4.69, 9.17) is 21.1 Å². The van der Waals surface area contributed by atoms with Crippen LogP contribution in [0, 0.1) is 5.82 Å². The summed E-state index contributed by atoms with van der Waals surface area (Å²) in [7, 11) is 1.36. The molecule has 1 fully saturated rings. The third kappa shape index (κ3) is 7.29. The summed E-state index contributed by atoms with van der Waals surface area (Å²) in [5.74, 6) is -0.318. The number of likely N-dealkylation sites (tertiary alicyclic amines) is 1. The number of hydrogen-bond acceptors (Lipinski definition) is 6. The average molecular weight is 619 g/mol. The molecule has 2 heterocycles. The van der Waals surface area contributed by atoms with Crippen molar-refractivity contribution < 1.29 is 23.5 Å². The number of anilines is 1. The van der Waals surface area contributed by atoms with E-state index in [0.717, 1.165) is 37.2 Å². The highest BCUT2D eigenvalue weighted by Gasteiger charge is 2.26. The number of ether oxygens (including phenoxy) is 2. The average Bonchev–Trinajstić information content (AvgIpc) is 3.47. The summed E-state index contributed by atoms with van der Waals surface area (Å²) in [4.78, 5) is 27.5. The van der Waals surface area contributed by atoms with Crippen molar-refractivity contribution in [3.8, 4) is 17.0 Å². The second-order valence-corrected chi connectivity index (χ2v) is 12.3. The number of hydrogen-bond donors (Lipinski definition) is 1. The minimum absolute atomic E-state index is 0.0700. The first kappa shape index (κ1) is 31.2. The Labute approximate surface area is 261 Å². The maximum absolute atomic E-state index is 13.7. The first-order valence-corrected chi connectivity index (χ1v) is 14.9. The van der Waals surface area contributed by atoms with Gasteiger partial charge in [-0.3, -0.25) is 14.4 Å². The predicted molar refractivity (Wildman–Crippen MR) is 169 cm³/mol. The Hall–Kier alpha value is -4.21. The Balaban J connectivity index is 1.23. The number of methoxy groups -OCH3 is 1. The van der Waals surface area contributed by atoms with Crippen molar-refractivity contribution in [3.05, 3.63) is 100 Å². The molecule has 0 saturated carbocycles. The van der Waals surface area contributed by atoms with E-state index >= 15 is 0 Å². The Morgan fingerprint density at radius 3 is 2.34 bits per heavy atom. The molecule has 10 heteroatoms. The van der Waals surface area contributed by atoms with Crippen LogP contribution in [0.15, 0.2) is 72.9 Å². The highest BCUT2D eigenvalue weighted by Crippen LogP contribution is 2.31. The number of halogens is 2. The van der Waals surface area contributed by atoms with E-state index in [1.807, 2.05) is 26.8 Å². The topological polar surface area (TPSA) is 85.7 Å². The summed E-state index contributed by atoms with van der Waals surface area (Å²) in [5, 5.41) is 8.14. The van der Waals surface area contributed by atoms with Crippen molar-refractivity contribution in [1.82, 2.24) is 14.7 Å². The number of amides is 1. The van der Waals surface area contributed by atoms with E-state index in [1.165, 1.54) is 19.2 Å². The van der Waals surface area contributed by atoms with Gasteiger partial charge in [0.2, 0.25) is 0 Å². The van der Waals surface area contributed by atoms with Gasteiger partial charge in [0.15, 0.2) is 0 Å². The lowest BCUT2D eigenvalue weighted by Gasteiger charge is -2.32. The van der Waals surface area contributed by atoms with Crippen LogP contribution in [-0.4, -0.2) is 52.9 Å². The highest BCUT2D eigenvalue weighted by atomic mass is 35.5. The zero-order chi connectivity index (χ0) is 31.4. The van der Waals surface area contributed by atoms with Gasteiger partial charge in [0.25, 0.3) is 5.91 Å². The molecule has 0 unspecified atom stereocenters. The molecule has 0 spiro atoms. The van der Waals surface area contributed by atoms with Gasteiger partial charge in [-0.25, -0.2) is 9.18 Å². The lowest BCUT2D eigenvalue weighted by molar-refractivity contribution is 0.0600. The van der Waals surface area contributed by atoms with E-state index in [9.17, 15) is 14.0 Å². The van der Waals surface area contributed by atoms with Gasteiger partial charge < -0.3 is 14.8 Å². The molecule has 0 aliphatic carbocycles. The van der Waals surface area contributed by atoms with Crippen LogP contribution in [-0.2, 0) is 16.8 Å². The second-order valence-electron chi connectivity index (χ2n) is 11.9. The normalized spacial score (nSPS) is 14.3. The van der Waals surface area contributed by atoms with Crippen molar-refractivity contribution in [2.24, 2.45) is 0 Å². The van der Waals surface area contributed by atoms with Crippen LogP contribution < -0.4 is 10.1 Å². The molecule has 1 N–H and O–H groups in total. The zero-order valence-electron chi connectivity index (χ0n) is 25.3. The molecule has 1 amide bonds. The third-order valence-electron chi connectivity index (χ3n) is 7.58. The number of aromatic nitrogens is 2. The number of nitrogens with one attached hydrogen (secondary N) is 1. The summed E-state index contributed by atoms with van der Waals surface area (Å²) >= 11 is 6.58. The number of carbonyl (C=O) groups excluding carboxylic acids is 2. The number of benzene rings is 3. The first-order chi connectivity index (χ1) is 21.0. The van der Waals surface area contributed by atoms with Gasteiger partial charge in [0.1, 0.15) is 17.7 Å². The van der Waals surface area contributed by atoms with Crippen molar-refractivity contribution in [3.63, 3.8) is 0 Å². The Morgan fingerprint density at radius 1 is 1.02 bits per heavy atom. The van der Waals surface area contributed by atoms with E-state index in [-0.39, 0.29) is 23.8 Å². The van der Waals surface area contributed by atoms with Gasteiger partial charge >= 0.3 is 5.97 Å². The van der Waals surface area contributed by atoms with E-state index in [0.29, 0.717) is 39.6 Å². The molecule has 0 atom stereocenters. The predicted octanol–water partition coefficient (Wildman–Crippen LogP) is 7.18. The highest BCUT2D eigenvalue weighted by molar-refractivity contribution is 6.31. The minimum Gasteiger partial charge on any atom is -0.490 e. The number of carbonyl (C=O) groups is 2. The fraction of sp³-hybridized carbons (Fsp3) is 0.324. The molecule has 44 heavy (non-hydrogen) atoms. The smallest absolute Gasteiger partial charge is 0.337 e. The quantitative estimate of drug-likeness (QED) is 0.211. The molecule has 230 valence electrons. The van der Waals surface area contributed by atoms with Gasteiger partial charge in [-0.2, -0.15) is 5.10 Å². The summed E-state index contributed by atoms with van der Waals surface area (Å²) in [6.07, 6.45) is 3.31. The van der Waals surface area contributed by atoms with E-state index in [2.05, 4.69) is 15.3 Å². The van der Waals surface area contributed by atoms with Crippen LogP contribution in [0.5, 0.6) is 5.75 Å². The SMILES string of the molecule is COC(=O)c1ccc(OC2CCN(Cc3cc(NC(=O)c4cnn(C(C)(C)C)c4-c4ccc(F)cc4)ccc3Cl)CC2)cc1. The van der Waals surface area contributed by atoms with Gasteiger partial charge in [-0.05, 0) is 106 Å².